The van der Waals surface area contributed by atoms with Gasteiger partial charge in [-0.25, -0.2) is 4.98 Å². The van der Waals surface area contributed by atoms with Gasteiger partial charge in [-0.2, -0.15) is 0 Å². The minimum atomic E-state index is -0.201. The summed E-state index contributed by atoms with van der Waals surface area (Å²) in [5.41, 5.74) is 0. The molecule has 6 nitrogen and oxygen atoms in total. The molecule has 0 aromatic carbocycles. The van der Waals surface area contributed by atoms with Gasteiger partial charge in [-0.1, -0.05) is 0 Å². The number of carbonyl (C=O) groups is 1. The molecule has 0 saturated carbocycles. The number of aromatic amines is 1. The molecule has 2 heterocycles. The van der Waals surface area contributed by atoms with Crippen molar-refractivity contribution in [3.8, 4) is 0 Å². The first-order chi connectivity index (χ1) is 8.97. The molecule has 102 valence electrons. The molecule has 0 unspecified atom stereocenters. The van der Waals surface area contributed by atoms with Gasteiger partial charge in [0, 0.05) is 6.04 Å². The maximum Gasteiger partial charge on any atom is 0.294 e. The van der Waals surface area contributed by atoms with Crippen molar-refractivity contribution in [2.45, 2.75) is 40.3 Å². The van der Waals surface area contributed by atoms with Gasteiger partial charge in [0.25, 0.3) is 5.91 Å². The molecule has 6 heteroatoms. The first-order valence-corrected chi connectivity index (χ1v) is 6.22. The third-order valence-corrected chi connectivity index (χ3v) is 2.79. The number of hydrogen-bond acceptors (Lipinski definition) is 4. The molecule has 2 aromatic rings. The van der Waals surface area contributed by atoms with E-state index in [9.17, 15) is 4.79 Å². The molecule has 0 bridgehead atoms. The van der Waals surface area contributed by atoms with Crippen LogP contribution in [0.2, 0.25) is 0 Å². The molecule has 0 aliphatic carbocycles. The highest BCUT2D eigenvalue weighted by Crippen LogP contribution is 2.14. The van der Waals surface area contributed by atoms with Crippen LogP contribution >= 0.6 is 0 Å². The number of nitrogens with one attached hydrogen (secondary N) is 1. The summed E-state index contributed by atoms with van der Waals surface area (Å²) < 4.78 is 5.51. The second-order valence-corrected chi connectivity index (χ2v) is 4.78. The van der Waals surface area contributed by atoms with Crippen LogP contribution < -0.4 is 0 Å². The van der Waals surface area contributed by atoms with Gasteiger partial charge in [0.15, 0.2) is 0 Å². The molecule has 0 aliphatic heterocycles. The second-order valence-electron chi connectivity index (χ2n) is 4.78. The standard InChI is InChI=1S/C13H18N4O2/c1-8(2)17(7-11-6-5-9(3)19-11)13(18)12-14-10(4)15-16-12/h5-6,8H,7H2,1-4H3,(H,14,15,16). The van der Waals surface area contributed by atoms with E-state index in [1.54, 1.807) is 11.8 Å². The van der Waals surface area contributed by atoms with Crippen molar-refractivity contribution in [3.63, 3.8) is 0 Å². The van der Waals surface area contributed by atoms with Gasteiger partial charge in [-0.15, -0.1) is 5.10 Å². The van der Waals surface area contributed by atoms with Gasteiger partial charge < -0.3 is 9.32 Å². The minimum absolute atomic E-state index is 0.0386. The Morgan fingerprint density at radius 1 is 1.42 bits per heavy atom. The van der Waals surface area contributed by atoms with Gasteiger partial charge >= 0.3 is 0 Å². The van der Waals surface area contributed by atoms with E-state index in [4.69, 9.17) is 4.42 Å². The van der Waals surface area contributed by atoms with E-state index < -0.39 is 0 Å². The van der Waals surface area contributed by atoms with Crippen LogP contribution in [0.4, 0.5) is 0 Å². The Hall–Kier alpha value is -2.11. The zero-order valence-corrected chi connectivity index (χ0v) is 11.6. The van der Waals surface area contributed by atoms with E-state index >= 15 is 0 Å². The van der Waals surface area contributed by atoms with Crippen LogP contribution in [0, 0.1) is 13.8 Å². The highest BCUT2D eigenvalue weighted by Gasteiger charge is 2.23. The average molecular weight is 262 g/mol. The molecule has 1 amide bonds. The van der Waals surface area contributed by atoms with Gasteiger partial charge in [0.1, 0.15) is 17.3 Å². The smallest absolute Gasteiger partial charge is 0.294 e. The summed E-state index contributed by atoms with van der Waals surface area (Å²) in [6.07, 6.45) is 0. The van der Waals surface area contributed by atoms with E-state index in [0.29, 0.717) is 12.4 Å². The van der Waals surface area contributed by atoms with Crippen molar-refractivity contribution < 1.29 is 9.21 Å². The summed E-state index contributed by atoms with van der Waals surface area (Å²) in [4.78, 5) is 18.1. The summed E-state index contributed by atoms with van der Waals surface area (Å²) >= 11 is 0. The monoisotopic (exact) mass is 262 g/mol. The number of aromatic nitrogens is 3. The maximum atomic E-state index is 12.4. The Kier molecular flexibility index (Phi) is 3.69. The number of rotatable bonds is 4. The normalized spacial score (nSPS) is 11.0. The molecule has 0 atom stereocenters. The quantitative estimate of drug-likeness (QED) is 0.915. The zero-order valence-electron chi connectivity index (χ0n) is 11.6. The molecule has 2 aromatic heterocycles. The lowest BCUT2D eigenvalue weighted by Crippen LogP contribution is -2.37. The Bertz CT molecular complexity index is 571. The lowest BCUT2D eigenvalue weighted by Gasteiger charge is -2.24. The summed E-state index contributed by atoms with van der Waals surface area (Å²) in [6, 6.07) is 3.80. The summed E-state index contributed by atoms with van der Waals surface area (Å²) in [7, 11) is 0. The molecule has 0 aliphatic rings. The Labute approximate surface area is 111 Å². The highest BCUT2D eigenvalue weighted by atomic mass is 16.3. The van der Waals surface area contributed by atoms with Gasteiger partial charge in [-0.05, 0) is 39.8 Å². The zero-order chi connectivity index (χ0) is 14.0. The fourth-order valence-corrected chi connectivity index (χ4v) is 1.79. The number of nitrogens with zero attached hydrogens (tertiary/aromatic N) is 3. The van der Waals surface area contributed by atoms with E-state index in [-0.39, 0.29) is 17.8 Å². The predicted molar refractivity (Wildman–Crippen MR) is 69.6 cm³/mol. The van der Waals surface area contributed by atoms with Crippen LogP contribution in [0.15, 0.2) is 16.5 Å². The number of amides is 1. The topological polar surface area (TPSA) is 75.0 Å². The molecule has 2 rings (SSSR count). The molecular formula is C13H18N4O2. The maximum absolute atomic E-state index is 12.4. The lowest BCUT2D eigenvalue weighted by molar-refractivity contribution is 0.0663. The van der Waals surface area contributed by atoms with Crippen molar-refractivity contribution in [1.82, 2.24) is 20.1 Å². The summed E-state index contributed by atoms with van der Waals surface area (Å²) in [5.74, 6) is 2.20. The fraction of sp³-hybridized carbons (Fsp3) is 0.462. The van der Waals surface area contributed by atoms with Crippen LogP contribution in [-0.2, 0) is 6.54 Å². The molecule has 19 heavy (non-hydrogen) atoms. The molecule has 0 spiro atoms. The van der Waals surface area contributed by atoms with Crippen molar-refractivity contribution in [1.29, 1.82) is 0 Å². The largest absolute Gasteiger partial charge is 0.464 e. The number of carbonyl (C=O) groups excluding carboxylic acids is 1. The molecule has 0 radical (unpaired) electrons. The average Bonchev–Trinajstić information content (AvgIpc) is 2.94. The van der Waals surface area contributed by atoms with Crippen molar-refractivity contribution >= 4 is 5.91 Å². The predicted octanol–water partition coefficient (Wildman–Crippen LogP) is 2.07. The molecule has 0 saturated heterocycles. The SMILES string of the molecule is Cc1nc(C(=O)N(Cc2ccc(C)o2)C(C)C)n[nH]1. The second kappa shape index (κ2) is 5.26. The van der Waals surface area contributed by atoms with Crippen LogP contribution in [-0.4, -0.2) is 32.0 Å². The van der Waals surface area contributed by atoms with Crippen LogP contribution in [0.25, 0.3) is 0 Å². The van der Waals surface area contributed by atoms with E-state index in [1.807, 2.05) is 32.9 Å². The van der Waals surface area contributed by atoms with Crippen molar-refractivity contribution in [3.05, 3.63) is 35.3 Å². The number of furan rings is 1. The number of aryl methyl sites for hydroxylation is 2. The summed E-state index contributed by atoms with van der Waals surface area (Å²) in [5, 5.41) is 6.59. The van der Waals surface area contributed by atoms with Gasteiger partial charge in [-0.3, -0.25) is 9.89 Å². The van der Waals surface area contributed by atoms with E-state index in [0.717, 1.165) is 11.5 Å². The Balaban J connectivity index is 2.18. The first kappa shape index (κ1) is 13.3. The van der Waals surface area contributed by atoms with Crippen LogP contribution in [0.3, 0.4) is 0 Å². The van der Waals surface area contributed by atoms with Gasteiger partial charge in [0.2, 0.25) is 5.82 Å². The fourth-order valence-electron chi connectivity index (χ4n) is 1.79. The number of H-pyrrole nitrogens is 1. The first-order valence-electron chi connectivity index (χ1n) is 6.22. The summed E-state index contributed by atoms with van der Waals surface area (Å²) in [6.45, 7) is 7.96. The van der Waals surface area contributed by atoms with Crippen molar-refractivity contribution in [2.75, 3.05) is 0 Å². The molecular weight excluding hydrogens is 244 g/mol. The van der Waals surface area contributed by atoms with Crippen LogP contribution in [0.1, 0.15) is 41.8 Å². The van der Waals surface area contributed by atoms with E-state index in [1.165, 1.54) is 0 Å². The molecule has 1 N–H and O–H groups in total. The molecule has 0 fully saturated rings. The lowest BCUT2D eigenvalue weighted by atomic mass is 10.2. The third-order valence-electron chi connectivity index (χ3n) is 2.79. The van der Waals surface area contributed by atoms with Crippen LogP contribution in [0.5, 0.6) is 0 Å². The third kappa shape index (κ3) is 3.01. The van der Waals surface area contributed by atoms with E-state index in [2.05, 4.69) is 15.2 Å². The van der Waals surface area contributed by atoms with Crippen molar-refractivity contribution in [2.24, 2.45) is 0 Å². The van der Waals surface area contributed by atoms with Gasteiger partial charge in [0.05, 0.1) is 6.54 Å². The highest BCUT2D eigenvalue weighted by molar-refractivity contribution is 5.90. The number of hydrogen-bond donors (Lipinski definition) is 1. The Morgan fingerprint density at radius 3 is 2.63 bits per heavy atom. The Morgan fingerprint density at radius 2 is 2.16 bits per heavy atom. The minimum Gasteiger partial charge on any atom is -0.464 e.